The second-order valence-electron chi connectivity index (χ2n) is 7.15. The predicted octanol–water partition coefficient (Wildman–Crippen LogP) is 2.00. The summed E-state index contributed by atoms with van der Waals surface area (Å²) in [6, 6.07) is -0.214. The lowest BCUT2D eigenvalue weighted by Crippen LogP contribution is -2.39. The van der Waals surface area contributed by atoms with Crippen LogP contribution in [0, 0.1) is 0 Å². The standard InChI is InChI=1S/C18H27N7O2/c1-11(2)15-21-12-9-25(8-7-13(12)24(15)5)18(26)22-14-16(23(3)4)19-10-20-17(14)27-6/h10-11H,7-9H2,1-6H3,(H,22,26). The molecular weight excluding hydrogens is 346 g/mol. The number of imidazole rings is 1. The van der Waals surface area contributed by atoms with Gasteiger partial charge in [0, 0.05) is 45.7 Å². The van der Waals surface area contributed by atoms with Crippen molar-refractivity contribution in [2.45, 2.75) is 32.7 Å². The minimum absolute atomic E-state index is 0.214. The Morgan fingerprint density at radius 2 is 2.07 bits per heavy atom. The number of aromatic nitrogens is 4. The Hall–Kier alpha value is -2.84. The molecule has 27 heavy (non-hydrogen) atoms. The van der Waals surface area contributed by atoms with Crippen LogP contribution in [0.15, 0.2) is 6.33 Å². The van der Waals surface area contributed by atoms with E-state index in [0.717, 1.165) is 17.9 Å². The summed E-state index contributed by atoms with van der Waals surface area (Å²) in [5, 5.41) is 2.92. The van der Waals surface area contributed by atoms with E-state index >= 15 is 0 Å². The third kappa shape index (κ3) is 3.54. The van der Waals surface area contributed by atoms with E-state index in [1.807, 2.05) is 26.0 Å². The molecule has 1 aliphatic heterocycles. The fraction of sp³-hybridized carbons (Fsp3) is 0.556. The van der Waals surface area contributed by atoms with Gasteiger partial charge in [-0.1, -0.05) is 13.8 Å². The van der Waals surface area contributed by atoms with Crippen LogP contribution >= 0.6 is 0 Å². The molecule has 2 aromatic rings. The van der Waals surface area contributed by atoms with Crippen LogP contribution in [-0.2, 0) is 20.0 Å². The topological polar surface area (TPSA) is 88.4 Å². The molecule has 1 aliphatic rings. The van der Waals surface area contributed by atoms with Crippen molar-refractivity contribution in [3.8, 4) is 5.88 Å². The van der Waals surface area contributed by atoms with Gasteiger partial charge in [0.1, 0.15) is 17.8 Å². The molecule has 3 heterocycles. The quantitative estimate of drug-likeness (QED) is 0.882. The van der Waals surface area contributed by atoms with Gasteiger partial charge in [0.15, 0.2) is 5.82 Å². The zero-order valence-electron chi connectivity index (χ0n) is 16.8. The molecule has 0 aliphatic carbocycles. The van der Waals surface area contributed by atoms with E-state index in [0.29, 0.717) is 36.4 Å². The molecule has 2 aromatic heterocycles. The lowest BCUT2D eigenvalue weighted by molar-refractivity contribution is 0.205. The Balaban J connectivity index is 1.82. The Morgan fingerprint density at radius 3 is 2.70 bits per heavy atom. The number of anilines is 2. The molecule has 1 N–H and O–H groups in total. The Morgan fingerprint density at radius 1 is 1.33 bits per heavy atom. The SMILES string of the molecule is COc1ncnc(N(C)C)c1NC(=O)N1CCc2c(nc(C(C)C)n2C)C1. The lowest BCUT2D eigenvalue weighted by Gasteiger charge is -2.28. The van der Waals surface area contributed by atoms with Gasteiger partial charge in [-0.2, -0.15) is 4.98 Å². The highest BCUT2D eigenvalue weighted by Crippen LogP contribution is 2.31. The Kier molecular flexibility index (Phi) is 5.20. The summed E-state index contributed by atoms with van der Waals surface area (Å²) in [6.45, 7) is 5.36. The van der Waals surface area contributed by atoms with E-state index < -0.39 is 0 Å². The summed E-state index contributed by atoms with van der Waals surface area (Å²) in [5.74, 6) is 2.32. The summed E-state index contributed by atoms with van der Waals surface area (Å²) in [7, 11) is 7.27. The first-order valence-electron chi connectivity index (χ1n) is 9.00. The van der Waals surface area contributed by atoms with Crippen LogP contribution in [0.4, 0.5) is 16.3 Å². The highest BCUT2D eigenvalue weighted by Gasteiger charge is 2.27. The number of methoxy groups -OCH3 is 1. The van der Waals surface area contributed by atoms with Gasteiger partial charge in [-0.15, -0.1) is 0 Å². The minimum atomic E-state index is -0.214. The van der Waals surface area contributed by atoms with Crippen molar-refractivity contribution in [2.24, 2.45) is 7.05 Å². The molecule has 0 aromatic carbocycles. The number of fused-ring (bicyclic) bond motifs is 1. The normalized spacial score (nSPS) is 13.5. The van der Waals surface area contributed by atoms with Gasteiger partial charge < -0.3 is 19.1 Å². The molecule has 0 saturated carbocycles. The first kappa shape index (κ1) is 18.9. The Labute approximate surface area is 159 Å². The summed E-state index contributed by atoms with van der Waals surface area (Å²) in [6.07, 6.45) is 2.19. The zero-order valence-corrected chi connectivity index (χ0v) is 16.8. The van der Waals surface area contributed by atoms with Crippen molar-refractivity contribution in [1.82, 2.24) is 24.4 Å². The number of hydrogen-bond donors (Lipinski definition) is 1. The smallest absolute Gasteiger partial charge is 0.322 e. The fourth-order valence-electron chi connectivity index (χ4n) is 3.39. The summed E-state index contributed by atoms with van der Waals surface area (Å²) in [5.41, 5.74) is 2.63. The van der Waals surface area contributed by atoms with Gasteiger partial charge in [-0.05, 0) is 0 Å². The van der Waals surface area contributed by atoms with Gasteiger partial charge in [0.2, 0.25) is 5.88 Å². The Bertz CT molecular complexity index is 844. The van der Waals surface area contributed by atoms with Crippen molar-refractivity contribution in [3.05, 3.63) is 23.5 Å². The molecule has 146 valence electrons. The first-order valence-corrected chi connectivity index (χ1v) is 9.00. The number of carbonyl (C=O) groups is 1. The molecule has 0 fully saturated rings. The van der Waals surface area contributed by atoms with E-state index in [9.17, 15) is 4.79 Å². The van der Waals surface area contributed by atoms with Crippen LogP contribution in [0.1, 0.15) is 37.0 Å². The number of nitrogens with zero attached hydrogens (tertiary/aromatic N) is 6. The van der Waals surface area contributed by atoms with Crippen LogP contribution in [0.2, 0.25) is 0 Å². The third-order valence-electron chi connectivity index (χ3n) is 4.74. The van der Waals surface area contributed by atoms with E-state index in [1.165, 1.54) is 19.1 Å². The molecule has 2 amide bonds. The highest BCUT2D eigenvalue weighted by atomic mass is 16.5. The number of carbonyl (C=O) groups excluding carboxylic acids is 1. The number of urea groups is 1. The summed E-state index contributed by atoms with van der Waals surface area (Å²) in [4.78, 5) is 29.6. The van der Waals surface area contributed by atoms with E-state index in [-0.39, 0.29) is 6.03 Å². The largest absolute Gasteiger partial charge is 0.479 e. The highest BCUT2D eigenvalue weighted by molar-refractivity contribution is 5.94. The maximum absolute atomic E-state index is 12.9. The molecule has 0 spiro atoms. The second-order valence-corrected chi connectivity index (χ2v) is 7.15. The van der Waals surface area contributed by atoms with Crippen LogP contribution in [-0.4, -0.2) is 58.2 Å². The maximum atomic E-state index is 12.9. The fourth-order valence-corrected chi connectivity index (χ4v) is 3.39. The third-order valence-corrected chi connectivity index (χ3v) is 4.74. The van der Waals surface area contributed by atoms with E-state index in [2.05, 4.69) is 33.7 Å². The second kappa shape index (κ2) is 7.42. The zero-order chi connectivity index (χ0) is 19.7. The summed E-state index contributed by atoms with van der Waals surface area (Å²) < 4.78 is 7.46. The van der Waals surface area contributed by atoms with Crippen molar-refractivity contribution >= 4 is 17.5 Å². The average Bonchev–Trinajstić information content (AvgIpc) is 2.98. The monoisotopic (exact) mass is 373 g/mol. The molecule has 9 nitrogen and oxygen atoms in total. The first-order chi connectivity index (χ1) is 12.8. The van der Waals surface area contributed by atoms with Crippen molar-refractivity contribution in [2.75, 3.05) is 38.0 Å². The van der Waals surface area contributed by atoms with Gasteiger partial charge in [0.05, 0.1) is 19.3 Å². The van der Waals surface area contributed by atoms with Gasteiger partial charge in [-0.3, -0.25) is 5.32 Å². The molecule has 0 atom stereocenters. The molecule has 0 radical (unpaired) electrons. The number of rotatable bonds is 4. The molecule has 0 unspecified atom stereocenters. The molecule has 9 heteroatoms. The lowest BCUT2D eigenvalue weighted by atomic mass is 10.1. The molecule has 3 rings (SSSR count). The average molecular weight is 373 g/mol. The van der Waals surface area contributed by atoms with Gasteiger partial charge in [-0.25, -0.2) is 14.8 Å². The van der Waals surface area contributed by atoms with E-state index in [1.54, 1.807) is 4.90 Å². The van der Waals surface area contributed by atoms with Crippen LogP contribution < -0.4 is 15.0 Å². The molecule has 0 bridgehead atoms. The molecular formula is C18H27N7O2. The van der Waals surface area contributed by atoms with E-state index in [4.69, 9.17) is 9.72 Å². The van der Waals surface area contributed by atoms with Crippen LogP contribution in [0.25, 0.3) is 0 Å². The predicted molar refractivity (Wildman–Crippen MR) is 103 cm³/mol. The maximum Gasteiger partial charge on any atom is 0.322 e. The van der Waals surface area contributed by atoms with Crippen LogP contribution in [0.3, 0.4) is 0 Å². The van der Waals surface area contributed by atoms with Crippen molar-refractivity contribution in [1.29, 1.82) is 0 Å². The summed E-state index contributed by atoms with van der Waals surface area (Å²) >= 11 is 0. The number of amides is 2. The number of nitrogens with one attached hydrogen (secondary N) is 1. The van der Waals surface area contributed by atoms with Crippen LogP contribution in [0.5, 0.6) is 5.88 Å². The molecule has 0 saturated heterocycles. The number of ether oxygens (including phenoxy) is 1. The minimum Gasteiger partial charge on any atom is -0.479 e. The van der Waals surface area contributed by atoms with Crippen molar-refractivity contribution in [3.63, 3.8) is 0 Å². The van der Waals surface area contributed by atoms with Gasteiger partial charge >= 0.3 is 6.03 Å². The van der Waals surface area contributed by atoms with Gasteiger partial charge in [0.25, 0.3) is 0 Å². The number of hydrogen-bond acceptors (Lipinski definition) is 6. The van der Waals surface area contributed by atoms with Crippen molar-refractivity contribution < 1.29 is 9.53 Å².